The minimum absolute atomic E-state index is 0.0722. The molecule has 0 saturated carbocycles. The van der Waals surface area contributed by atoms with Crippen molar-refractivity contribution in [3.63, 3.8) is 0 Å². The number of nitrogens with one attached hydrogen (secondary N) is 1. The summed E-state index contributed by atoms with van der Waals surface area (Å²) in [6, 6.07) is 2.28. The molecule has 9 heteroatoms. The Morgan fingerprint density at radius 3 is 2.77 bits per heavy atom. The second-order valence-electron chi connectivity index (χ2n) is 4.86. The summed E-state index contributed by atoms with van der Waals surface area (Å²) in [6.07, 6.45) is -4.78. The number of aliphatic hydroxyl groups is 1. The van der Waals surface area contributed by atoms with Crippen LogP contribution in [-0.4, -0.2) is 48.0 Å². The van der Waals surface area contributed by atoms with E-state index >= 15 is 0 Å². The predicted octanol–water partition coefficient (Wildman–Crippen LogP) is 2.37. The summed E-state index contributed by atoms with van der Waals surface area (Å²) in [4.78, 5) is 13.2. The third-order valence-electron chi connectivity index (χ3n) is 3.03. The molecule has 0 bridgehead atoms. The molecule has 1 aromatic rings. The van der Waals surface area contributed by atoms with Crippen LogP contribution in [0.3, 0.4) is 0 Å². The molecule has 0 radical (unpaired) electrons. The molecule has 2 N–H and O–H groups in total. The van der Waals surface area contributed by atoms with E-state index in [-0.39, 0.29) is 12.2 Å². The topological polar surface area (TPSA) is 61.8 Å². The van der Waals surface area contributed by atoms with Gasteiger partial charge in [-0.1, -0.05) is 0 Å². The summed E-state index contributed by atoms with van der Waals surface area (Å²) in [5, 5.41) is 11.7. The molecule has 0 aliphatic carbocycles. The van der Waals surface area contributed by atoms with Gasteiger partial charge in [-0.2, -0.15) is 13.2 Å². The van der Waals surface area contributed by atoms with Gasteiger partial charge in [-0.15, -0.1) is 0 Å². The minimum atomic E-state index is -4.58. The number of amides is 2. The molecule has 1 heterocycles. The van der Waals surface area contributed by atoms with Crippen molar-refractivity contribution in [2.45, 2.75) is 18.7 Å². The summed E-state index contributed by atoms with van der Waals surface area (Å²) >= 11 is 0. The van der Waals surface area contributed by atoms with E-state index in [1.807, 2.05) is 0 Å². The lowest BCUT2D eigenvalue weighted by atomic mass is 10.3. The number of benzene rings is 1. The van der Waals surface area contributed by atoms with E-state index in [1.54, 1.807) is 0 Å². The summed E-state index contributed by atoms with van der Waals surface area (Å²) in [5.74, 6) is -1.20. The number of β-amino-alcohol motifs (C(OH)–C–C–N with tert-alkyl or cyclic N) is 1. The molecule has 1 aliphatic rings. The van der Waals surface area contributed by atoms with E-state index in [0.29, 0.717) is 13.0 Å². The first-order valence-electron chi connectivity index (χ1n) is 6.48. The molecule has 5 nitrogen and oxygen atoms in total. The van der Waals surface area contributed by atoms with Gasteiger partial charge in [0.25, 0.3) is 0 Å². The zero-order valence-electron chi connectivity index (χ0n) is 11.4. The fraction of sp³-hybridized carbons (Fsp3) is 0.462. The summed E-state index contributed by atoms with van der Waals surface area (Å²) in [7, 11) is 0. The Morgan fingerprint density at radius 1 is 1.45 bits per heavy atom. The molecule has 22 heavy (non-hydrogen) atoms. The van der Waals surface area contributed by atoms with Gasteiger partial charge in [0.05, 0.1) is 11.8 Å². The number of hydrogen-bond donors (Lipinski definition) is 2. The van der Waals surface area contributed by atoms with Gasteiger partial charge in [0.2, 0.25) is 0 Å². The van der Waals surface area contributed by atoms with Crippen LogP contribution in [0.4, 0.5) is 28.0 Å². The molecule has 0 unspecified atom stereocenters. The fourth-order valence-corrected chi connectivity index (χ4v) is 2.00. The highest BCUT2D eigenvalue weighted by Gasteiger charge is 2.29. The van der Waals surface area contributed by atoms with Crippen LogP contribution in [0.1, 0.15) is 6.42 Å². The number of nitrogens with zero attached hydrogens (tertiary/aromatic N) is 1. The third kappa shape index (κ3) is 4.48. The normalized spacial score (nSPS) is 18.4. The summed E-state index contributed by atoms with van der Waals surface area (Å²) < 4.78 is 54.2. The van der Waals surface area contributed by atoms with Crippen LogP contribution in [-0.2, 0) is 0 Å². The van der Waals surface area contributed by atoms with Crippen molar-refractivity contribution >= 4 is 11.7 Å². The zero-order chi connectivity index (χ0) is 16.3. The largest absolute Gasteiger partial charge is 0.482 e. The van der Waals surface area contributed by atoms with Crippen molar-refractivity contribution < 1.29 is 32.2 Å². The Balaban J connectivity index is 2.07. The average molecular weight is 322 g/mol. The van der Waals surface area contributed by atoms with Crippen molar-refractivity contribution in [2.24, 2.45) is 0 Å². The first-order chi connectivity index (χ1) is 10.2. The predicted molar refractivity (Wildman–Crippen MR) is 69.2 cm³/mol. The number of anilines is 1. The third-order valence-corrected chi connectivity index (χ3v) is 3.03. The maximum atomic E-state index is 13.1. The van der Waals surface area contributed by atoms with Crippen LogP contribution in [0.5, 0.6) is 5.75 Å². The Kier molecular flexibility index (Phi) is 4.74. The number of carbonyl (C=O) groups excluding carboxylic acids is 1. The Bertz CT molecular complexity index is 551. The molecule has 0 aromatic heterocycles. The molecule has 2 amide bonds. The highest BCUT2D eigenvalue weighted by Crippen LogP contribution is 2.28. The van der Waals surface area contributed by atoms with Gasteiger partial charge >= 0.3 is 12.2 Å². The average Bonchev–Trinajstić information content (AvgIpc) is 2.85. The minimum Gasteiger partial charge on any atom is -0.482 e. The van der Waals surface area contributed by atoms with Crippen LogP contribution in [0, 0.1) is 5.82 Å². The monoisotopic (exact) mass is 322 g/mol. The SMILES string of the molecule is O=C(Nc1ccc(F)cc1OCC(F)(F)F)N1CC[C@H](O)C1. The first-order valence-corrected chi connectivity index (χ1v) is 6.48. The van der Waals surface area contributed by atoms with Crippen molar-refractivity contribution in [1.29, 1.82) is 0 Å². The van der Waals surface area contributed by atoms with Gasteiger partial charge < -0.3 is 20.1 Å². The molecular formula is C13H14F4N2O3. The molecule has 2 rings (SSSR count). The lowest BCUT2D eigenvalue weighted by Gasteiger charge is -2.18. The molecule has 0 spiro atoms. The van der Waals surface area contributed by atoms with Gasteiger partial charge in [0.15, 0.2) is 6.61 Å². The highest BCUT2D eigenvalue weighted by atomic mass is 19.4. The van der Waals surface area contributed by atoms with Crippen molar-refractivity contribution in [1.82, 2.24) is 4.90 Å². The van der Waals surface area contributed by atoms with E-state index in [0.717, 1.165) is 18.2 Å². The van der Waals surface area contributed by atoms with Gasteiger partial charge in [0.1, 0.15) is 11.6 Å². The van der Waals surface area contributed by atoms with Crippen LogP contribution < -0.4 is 10.1 Å². The zero-order valence-corrected chi connectivity index (χ0v) is 11.4. The maximum Gasteiger partial charge on any atom is 0.422 e. The van der Waals surface area contributed by atoms with E-state index < -0.39 is 36.5 Å². The molecular weight excluding hydrogens is 308 g/mol. The fourth-order valence-electron chi connectivity index (χ4n) is 2.00. The van der Waals surface area contributed by atoms with Crippen LogP contribution >= 0.6 is 0 Å². The summed E-state index contributed by atoms with van der Waals surface area (Å²) in [5.41, 5.74) is -0.0722. The quantitative estimate of drug-likeness (QED) is 0.840. The van der Waals surface area contributed by atoms with E-state index in [2.05, 4.69) is 10.1 Å². The van der Waals surface area contributed by atoms with Crippen molar-refractivity contribution in [2.75, 3.05) is 25.0 Å². The number of ether oxygens (including phenoxy) is 1. The lowest BCUT2D eigenvalue weighted by molar-refractivity contribution is -0.153. The van der Waals surface area contributed by atoms with Crippen LogP contribution in [0.2, 0.25) is 0 Å². The lowest BCUT2D eigenvalue weighted by Crippen LogP contribution is -2.33. The van der Waals surface area contributed by atoms with Crippen LogP contribution in [0.15, 0.2) is 18.2 Å². The Labute approximate surface area is 123 Å². The number of halogens is 4. The number of urea groups is 1. The second-order valence-corrected chi connectivity index (χ2v) is 4.86. The molecule has 1 fully saturated rings. The molecule has 1 saturated heterocycles. The number of alkyl halides is 3. The molecule has 1 atom stereocenters. The Hall–Kier alpha value is -2.03. The smallest absolute Gasteiger partial charge is 0.422 e. The highest BCUT2D eigenvalue weighted by molar-refractivity contribution is 5.91. The van der Waals surface area contributed by atoms with Gasteiger partial charge in [-0.05, 0) is 18.6 Å². The van der Waals surface area contributed by atoms with E-state index in [4.69, 9.17) is 0 Å². The number of aliphatic hydroxyl groups excluding tert-OH is 1. The van der Waals surface area contributed by atoms with Gasteiger partial charge in [-0.3, -0.25) is 0 Å². The molecule has 122 valence electrons. The second kappa shape index (κ2) is 6.39. The van der Waals surface area contributed by atoms with Crippen molar-refractivity contribution in [3.8, 4) is 5.75 Å². The van der Waals surface area contributed by atoms with Gasteiger partial charge in [0, 0.05) is 19.2 Å². The van der Waals surface area contributed by atoms with E-state index in [9.17, 15) is 27.5 Å². The number of hydrogen-bond acceptors (Lipinski definition) is 3. The van der Waals surface area contributed by atoms with Gasteiger partial charge in [-0.25, -0.2) is 9.18 Å². The Morgan fingerprint density at radius 2 is 2.18 bits per heavy atom. The summed E-state index contributed by atoms with van der Waals surface area (Å²) in [6.45, 7) is -1.14. The standard InChI is InChI=1S/C13H14F4N2O3/c14-8-1-2-10(11(5-8)22-7-13(15,16)17)18-12(21)19-4-3-9(20)6-19/h1-2,5,9,20H,3-4,6-7H2,(H,18,21)/t9-/m0/s1. The van der Waals surface area contributed by atoms with Crippen molar-refractivity contribution in [3.05, 3.63) is 24.0 Å². The van der Waals surface area contributed by atoms with Crippen LogP contribution in [0.25, 0.3) is 0 Å². The molecule has 1 aliphatic heterocycles. The van der Waals surface area contributed by atoms with E-state index in [1.165, 1.54) is 4.90 Å². The maximum absolute atomic E-state index is 13.1. The number of likely N-dealkylation sites (tertiary alicyclic amines) is 1. The molecule has 1 aromatic carbocycles. The first kappa shape index (κ1) is 16.3. The number of rotatable bonds is 3. The number of carbonyl (C=O) groups is 1.